The summed E-state index contributed by atoms with van der Waals surface area (Å²) in [5.74, 6) is 6.22. The molecule has 0 spiro atoms. The maximum atomic E-state index is 13.1. The molecule has 4 rings (SSSR count). The van der Waals surface area contributed by atoms with Gasteiger partial charge in [0, 0.05) is 30.1 Å². The third-order valence-corrected chi connectivity index (χ3v) is 6.17. The molecule has 172 valence electrons. The number of piperazine rings is 1. The second-order valence-electron chi connectivity index (χ2n) is 8.98. The first kappa shape index (κ1) is 22.8. The maximum absolute atomic E-state index is 13.1. The molecule has 0 bridgehead atoms. The van der Waals surface area contributed by atoms with E-state index in [4.69, 9.17) is 0 Å². The summed E-state index contributed by atoms with van der Waals surface area (Å²) in [5.41, 5.74) is 2.40. The molecule has 2 aliphatic rings. The van der Waals surface area contributed by atoms with Crippen molar-refractivity contribution in [3.05, 3.63) is 65.5 Å². The molecular formula is C26H28FN3O3. The average molecular weight is 450 g/mol. The third kappa shape index (κ3) is 4.86. The van der Waals surface area contributed by atoms with E-state index in [1.54, 1.807) is 4.90 Å². The second kappa shape index (κ2) is 9.63. The number of urea groups is 1. The van der Waals surface area contributed by atoms with Crippen LogP contribution in [0.2, 0.25) is 0 Å². The summed E-state index contributed by atoms with van der Waals surface area (Å²) in [5, 5.41) is 12.7. The Hall–Kier alpha value is -3.37. The molecular weight excluding hydrogens is 421 g/mol. The first-order valence-electron chi connectivity index (χ1n) is 11.2. The number of carbonyl (C=O) groups excluding carboxylic acids is 2. The van der Waals surface area contributed by atoms with Crippen molar-refractivity contribution in [2.75, 3.05) is 25.0 Å². The average Bonchev–Trinajstić information content (AvgIpc) is 2.77. The zero-order valence-corrected chi connectivity index (χ0v) is 18.8. The molecule has 0 aromatic heterocycles. The van der Waals surface area contributed by atoms with Gasteiger partial charge < -0.3 is 20.2 Å². The Labute approximate surface area is 193 Å². The Kier molecular flexibility index (Phi) is 6.66. The molecule has 0 unspecified atom stereocenters. The van der Waals surface area contributed by atoms with E-state index in [2.05, 4.69) is 31.0 Å². The lowest BCUT2D eigenvalue weighted by Crippen LogP contribution is -2.73. The quantitative estimate of drug-likeness (QED) is 0.703. The number of amides is 3. The van der Waals surface area contributed by atoms with Crippen LogP contribution in [0.4, 0.5) is 14.9 Å². The molecule has 3 amide bonds. The number of carbonyl (C=O) groups is 2. The van der Waals surface area contributed by atoms with Crippen LogP contribution in [0.1, 0.15) is 37.3 Å². The highest BCUT2D eigenvalue weighted by atomic mass is 19.1. The van der Waals surface area contributed by atoms with Crippen LogP contribution in [0, 0.1) is 23.6 Å². The predicted molar refractivity (Wildman–Crippen MR) is 124 cm³/mol. The van der Waals surface area contributed by atoms with E-state index in [0.29, 0.717) is 18.2 Å². The largest absolute Gasteiger partial charge is 0.394 e. The number of benzene rings is 2. The van der Waals surface area contributed by atoms with Crippen molar-refractivity contribution in [2.45, 2.75) is 38.3 Å². The fourth-order valence-corrected chi connectivity index (χ4v) is 4.54. The minimum absolute atomic E-state index is 0.0584. The molecule has 2 aromatic carbocycles. The Morgan fingerprint density at radius 1 is 1.18 bits per heavy atom. The van der Waals surface area contributed by atoms with Gasteiger partial charge in [0.05, 0.1) is 18.7 Å². The smallest absolute Gasteiger partial charge is 0.322 e. The second-order valence-corrected chi connectivity index (χ2v) is 8.98. The number of nitrogens with zero attached hydrogens (tertiary/aromatic N) is 2. The lowest BCUT2D eigenvalue weighted by Gasteiger charge is -2.58. The van der Waals surface area contributed by atoms with E-state index in [1.807, 2.05) is 24.3 Å². The predicted octanol–water partition coefficient (Wildman–Crippen LogP) is 3.43. The molecule has 2 saturated heterocycles. The van der Waals surface area contributed by atoms with Gasteiger partial charge in [-0.25, -0.2) is 9.18 Å². The van der Waals surface area contributed by atoms with Crippen LogP contribution in [-0.4, -0.2) is 58.6 Å². The zero-order chi connectivity index (χ0) is 23.5. The Bertz CT molecular complexity index is 1070. The van der Waals surface area contributed by atoms with Gasteiger partial charge >= 0.3 is 6.03 Å². The van der Waals surface area contributed by atoms with E-state index in [0.717, 1.165) is 17.5 Å². The van der Waals surface area contributed by atoms with Crippen molar-refractivity contribution < 1.29 is 19.1 Å². The summed E-state index contributed by atoms with van der Waals surface area (Å²) < 4.78 is 13.1. The number of rotatable bonds is 4. The summed E-state index contributed by atoms with van der Waals surface area (Å²) in [6.07, 6.45) is 0.839. The van der Waals surface area contributed by atoms with E-state index in [9.17, 15) is 19.1 Å². The number of anilines is 1. The third-order valence-electron chi connectivity index (χ3n) is 6.17. The molecule has 33 heavy (non-hydrogen) atoms. The van der Waals surface area contributed by atoms with Gasteiger partial charge in [0.15, 0.2) is 0 Å². The van der Waals surface area contributed by atoms with Crippen LogP contribution in [0.15, 0.2) is 48.5 Å². The van der Waals surface area contributed by atoms with Gasteiger partial charge in [0.25, 0.3) is 0 Å². The Balaban J connectivity index is 1.47. The monoisotopic (exact) mass is 449 g/mol. The highest BCUT2D eigenvalue weighted by Crippen LogP contribution is 2.43. The van der Waals surface area contributed by atoms with Crippen LogP contribution in [-0.2, 0) is 4.79 Å². The van der Waals surface area contributed by atoms with Crippen molar-refractivity contribution in [3.63, 3.8) is 0 Å². The number of aliphatic hydroxyl groups excluding tert-OH is 1. The molecule has 2 heterocycles. The number of nitrogens with one attached hydrogen (secondary N) is 1. The fraction of sp³-hybridized carbons (Fsp3) is 0.385. The van der Waals surface area contributed by atoms with Gasteiger partial charge in [-0.05, 0) is 47.9 Å². The summed E-state index contributed by atoms with van der Waals surface area (Å²) >= 11 is 0. The van der Waals surface area contributed by atoms with Crippen molar-refractivity contribution in [1.29, 1.82) is 0 Å². The minimum atomic E-state index is -0.406. The number of halogens is 1. The SMILES string of the molecule is CC(C)CC#Cc1ccc([C@@H]2[C@@H](CO)N3C(=O)CN(C(=O)Nc4ccc(F)cc4)C[C@@H]23)cc1. The van der Waals surface area contributed by atoms with Crippen molar-refractivity contribution in [1.82, 2.24) is 9.80 Å². The summed E-state index contributed by atoms with van der Waals surface area (Å²) in [6, 6.07) is 12.5. The van der Waals surface area contributed by atoms with Crippen molar-refractivity contribution >= 4 is 17.6 Å². The van der Waals surface area contributed by atoms with Crippen LogP contribution in [0.5, 0.6) is 0 Å². The first-order chi connectivity index (χ1) is 15.9. The van der Waals surface area contributed by atoms with Crippen molar-refractivity contribution in [3.8, 4) is 11.8 Å². The maximum Gasteiger partial charge on any atom is 0.322 e. The number of aliphatic hydroxyl groups is 1. The zero-order valence-electron chi connectivity index (χ0n) is 18.8. The molecule has 6 nitrogen and oxygen atoms in total. The van der Waals surface area contributed by atoms with Gasteiger partial charge in [0.1, 0.15) is 12.4 Å². The van der Waals surface area contributed by atoms with E-state index < -0.39 is 6.03 Å². The molecule has 2 aliphatic heterocycles. The van der Waals surface area contributed by atoms with Crippen LogP contribution in [0.3, 0.4) is 0 Å². The summed E-state index contributed by atoms with van der Waals surface area (Å²) in [6.45, 7) is 4.42. The van der Waals surface area contributed by atoms with Gasteiger partial charge in [-0.15, -0.1) is 0 Å². The van der Waals surface area contributed by atoms with E-state index in [-0.39, 0.29) is 42.9 Å². The molecule has 2 aromatic rings. The molecule has 2 N–H and O–H groups in total. The number of fused-ring (bicyclic) bond motifs is 1. The Morgan fingerprint density at radius 2 is 1.88 bits per heavy atom. The molecule has 0 saturated carbocycles. The molecule has 0 aliphatic carbocycles. The van der Waals surface area contributed by atoms with Gasteiger partial charge in [-0.1, -0.05) is 37.8 Å². The highest BCUT2D eigenvalue weighted by molar-refractivity contribution is 5.93. The normalized spacial score (nSPS) is 21.7. The summed E-state index contributed by atoms with van der Waals surface area (Å²) in [7, 11) is 0. The number of hydrogen-bond acceptors (Lipinski definition) is 3. The van der Waals surface area contributed by atoms with Gasteiger partial charge in [-0.2, -0.15) is 0 Å². The Morgan fingerprint density at radius 3 is 2.52 bits per heavy atom. The molecule has 0 radical (unpaired) electrons. The van der Waals surface area contributed by atoms with Crippen LogP contribution in [0.25, 0.3) is 0 Å². The first-order valence-corrected chi connectivity index (χ1v) is 11.2. The minimum Gasteiger partial charge on any atom is -0.394 e. The van der Waals surface area contributed by atoms with Crippen molar-refractivity contribution in [2.24, 2.45) is 5.92 Å². The van der Waals surface area contributed by atoms with Crippen LogP contribution < -0.4 is 5.32 Å². The fourth-order valence-electron chi connectivity index (χ4n) is 4.54. The van der Waals surface area contributed by atoms with Crippen LogP contribution >= 0.6 is 0 Å². The van der Waals surface area contributed by atoms with E-state index >= 15 is 0 Å². The molecule has 3 atom stereocenters. The lowest BCUT2D eigenvalue weighted by molar-refractivity contribution is -0.159. The topological polar surface area (TPSA) is 72.9 Å². The van der Waals surface area contributed by atoms with E-state index in [1.165, 1.54) is 29.2 Å². The molecule has 2 fully saturated rings. The highest BCUT2D eigenvalue weighted by Gasteiger charge is 2.54. The molecule has 7 heteroatoms. The van der Waals surface area contributed by atoms with Gasteiger partial charge in [0.2, 0.25) is 5.91 Å². The summed E-state index contributed by atoms with van der Waals surface area (Å²) in [4.78, 5) is 28.7. The standard InChI is InChI=1S/C26H28FN3O3/c1-17(2)4-3-5-18-6-8-19(9-7-18)25-22-14-29(15-24(32)30(22)23(25)16-31)26(33)28-21-12-10-20(27)11-13-21/h6-13,17,22-23,25,31H,4,14-16H2,1-2H3,(H,28,33)/t22-,23+,25-/m0/s1. The lowest BCUT2D eigenvalue weighted by atomic mass is 9.73. The number of hydrogen-bond donors (Lipinski definition) is 2. The van der Waals surface area contributed by atoms with Gasteiger partial charge in [-0.3, -0.25) is 4.79 Å².